The maximum absolute atomic E-state index is 3.84. The molecule has 1 aliphatic rings. The van der Waals surface area contributed by atoms with E-state index >= 15 is 0 Å². The highest BCUT2D eigenvalue weighted by atomic mass is 15.2. The molecule has 0 unspecified atom stereocenters. The van der Waals surface area contributed by atoms with Crippen molar-refractivity contribution in [2.45, 2.75) is 6.42 Å². The van der Waals surface area contributed by atoms with E-state index in [9.17, 15) is 0 Å². The summed E-state index contributed by atoms with van der Waals surface area (Å²) in [4.78, 5) is 2.22. The largest absolute Gasteiger partial charge is 0.371 e. The fraction of sp³-hybridized carbons (Fsp3) is 0.429. The van der Waals surface area contributed by atoms with Crippen LogP contribution < -0.4 is 0 Å². The SMILES string of the molecule is C=CCN1CCC1=C. The van der Waals surface area contributed by atoms with E-state index in [2.05, 4.69) is 18.1 Å². The van der Waals surface area contributed by atoms with Crippen molar-refractivity contribution < 1.29 is 0 Å². The lowest BCUT2D eigenvalue weighted by Crippen LogP contribution is -2.33. The van der Waals surface area contributed by atoms with Gasteiger partial charge in [-0.05, 0) is 0 Å². The molecule has 0 spiro atoms. The summed E-state index contributed by atoms with van der Waals surface area (Å²) in [6, 6.07) is 0. The molecule has 1 heterocycles. The Kier molecular flexibility index (Phi) is 1.38. The lowest BCUT2D eigenvalue weighted by atomic mass is 10.1. The molecule has 1 nitrogen and oxygen atoms in total. The molecular formula is C7H11N. The number of hydrogen-bond donors (Lipinski definition) is 0. The minimum Gasteiger partial charge on any atom is -0.371 e. The van der Waals surface area contributed by atoms with Crippen molar-refractivity contribution in [3.05, 3.63) is 24.9 Å². The van der Waals surface area contributed by atoms with Gasteiger partial charge in [0.25, 0.3) is 0 Å². The van der Waals surface area contributed by atoms with Gasteiger partial charge in [0.1, 0.15) is 0 Å². The summed E-state index contributed by atoms with van der Waals surface area (Å²) >= 11 is 0. The highest BCUT2D eigenvalue weighted by Gasteiger charge is 2.14. The van der Waals surface area contributed by atoms with Gasteiger partial charge in [0, 0.05) is 25.2 Å². The smallest absolute Gasteiger partial charge is 0.0353 e. The topological polar surface area (TPSA) is 3.24 Å². The van der Waals surface area contributed by atoms with E-state index in [1.54, 1.807) is 0 Å². The van der Waals surface area contributed by atoms with Crippen molar-refractivity contribution in [1.82, 2.24) is 4.90 Å². The summed E-state index contributed by atoms with van der Waals surface area (Å²) in [6.07, 6.45) is 3.08. The molecule has 0 saturated carbocycles. The molecule has 1 heteroatoms. The molecule has 0 bridgehead atoms. The molecule has 0 amide bonds. The normalized spacial score (nSPS) is 18.0. The van der Waals surface area contributed by atoms with Gasteiger partial charge in [0.2, 0.25) is 0 Å². The lowest BCUT2D eigenvalue weighted by Gasteiger charge is -2.34. The van der Waals surface area contributed by atoms with E-state index < -0.39 is 0 Å². The third kappa shape index (κ3) is 0.760. The molecule has 0 aromatic rings. The first kappa shape index (κ1) is 5.42. The Balaban J connectivity index is 2.26. The Hall–Kier alpha value is -0.720. The van der Waals surface area contributed by atoms with Crippen LogP contribution in [0.25, 0.3) is 0 Å². The van der Waals surface area contributed by atoms with Crippen LogP contribution >= 0.6 is 0 Å². The summed E-state index contributed by atoms with van der Waals surface area (Å²) in [6.45, 7) is 9.62. The molecule has 0 aromatic carbocycles. The Morgan fingerprint density at radius 2 is 2.50 bits per heavy atom. The Bertz CT molecular complexity index is 116. The second kappa shape index (κ2) is 2.03. The van der Waals surface area contributed by atoms with Gasteiger partial charge in [-0.2, -0.15) is 0 Å². The second-order valence-corrected chi connectivity index (χ2v) is 2.05. The van der Waals surface area contributed by atoms with Crippen LogP contribution in [0.4, 0.5) is 0 Å². The van der Waals surface area contributed by atoms with E-state index in [0.717, 1.165) is 6.54 Å². The first-order valence-corrected chi connectivity index (χ1v) is 2.88. The average Bonchev–Trinajstić information content (AvgIpc) is 1.79. The predicted molar refractivity (Wildman–Crippen MR) is 35.5 cm³/mol. The van der Waals surface area contributed by atoms with Gasteiger partial charge in [0.15, 0.2) is 0 Å². The summed E-state index contributed by atoms with van der Waals surface area (Å²) in [5.41, 5.74) is 1.25. The van der Waals surface area contributed by atoms with Crippen LogP contribution in [0.3, 0.4) is 0 Å². The van der Waals surface area contributed by atoms with Crippen molar-refractivity contribution in [3.8, 4) is 0 Å². The van der Waals surface area contributed by atoms with Crippen molar-refractivity contribution in [2.75, 3.05) is 13.1 Å². The first-order valence-electron chi connectivity index (χ1n) is 2.88. The van der Waals surface area contributed by atoms with Gasteiger partial charge in [-0.25, -0.2) is 0 Å². The molecule has 8 heavy (non-hydrogen) atoms. The van der Waals surface area contributed by atoms with E-state index in [1.165, 1.54) is 18.7 Å². The van der Waals surface area contributed by atoms with Gasteiger partial charge in [-0.15, -0.1) is 6.58 Å². The quantitative estimate of drug-likeness (QED) is 0.484. The van der Waals surface area contributed by atoms with E-state index in [0.29, 0.717) is 0 Å². The molecule has 0 atom stereocenters. The van der Waals surface area contributed by atoms with Crippen LogP contribution in [-0.2, 0) is 0 Å². The maximum atomic E-state index is 3.84. The second-order valence-electron chi connectivity index (χ2n) is 2.05. The number of likely N-dealkylation sites (tertiary alicyclic amines) is 1. The summed E-state index contributed by atoms with van der Waals surface area (Å²) in [5.74, 6) is 0. The molecule has 1 saturated heterocycles. The summed E-state index contributed by atoms with van der Waals surface area (Å²) < 4.78 is 0. The van der Waals surface area contributed by atoms with Gasteiger partial charge in [-0.3, -0.25) is 0 Å². The molecule has 0 aromatic heterocycles. The standard InChI is InChI=1S/C7H11N/c1-3-5-8-6-4-7(8)2/h3H,1-2,4-6H2. The molecule has 1 aliphatic heterocycles. The van der Waals surface area contributed by atoms with Crippen molar-refractivity contribution in [1.29, 1.82) is 0 Å². The van der Waals surface area contributed by atoms with E-state index in [1.807, 2.05) is 6.08 Å². The highest BCUT2D eigenvalue weighted by Crippen LogP contribution is 2.17. The molecule has 0 aliphatic carbocycles. The Morgan fingerprint density at radius 1 is 1.75 bits per heavy atom. The highest BCUT2D eigenvalue weighted by molar-refractivity contribution is 5.05. The monoisotopic (exact) mass is 109 g/mol. The summed E-state index contributed by atoms with van der Waals surface area (Å²) in [7, 11) is 0. The minimum absolute atomic E-state index is 0.971. The predicted octanol–water partition coefficient (Wildman–Crippen LogP) is 1.39. The number of nitrogens with zero attached hydrogens (tertiary/aromatic N) is 1. The Morgan fingerprint density at radius 3 is 2.62 bits per heavy atom. The number of rotatable bonds is 2. The maximum Gasteiger partial charge on any atom is 0.0353 e. The molecular weight excluding hydrogens is 98.1 g/mol. The zero-order valence-electron chi connectivity index (χ0n) is 5.06. The zero-order chi connectivity index (χ0) is 5.98. The third-order valence-corrected chi connectivity index (χ3v) is 1.47. The fourth-order valence-electron chi connectivity index (χ4n) is 0.804. The van der Waals surface area contributed by atoms with Gasteiger partial charge in [0.05, 0.1) is 0 Å². The molecule has 44 valence electrons. The van der Waals surface area contributed by atoms with Crippen molar-refractivity contribution in [2.24, 2.45) is 0 Å². The van der Waals surface area contributed by atoms with Gasteiger partial charge >= 0.3 is 0 Å². The van der Waals surface area contributed by atoms with Crippen LogP contribution in [-0.4, -0.2) is 18.0 Å². The van der Waals surface area contributed by atoms with Crippen LogP contribution in [0.5, 0.6) is 0 Å². The minimum atomic E-state index is 0.971. The van der Waals surface area contributed by atoms with Crippen molar-refractivity contribution >= 4 is 0 Å². The van der Waals surface area contributed by atoms with E-state index in [4.69, 9.17) is 0 Å². The van der Waals surface area contributed by atoms with Crippen LogP contribution in [0.1, 0.15) is 6.42 Å². The third-order valence-electron chi connectivity index (χ3n) is 1.47. The van der Waals surface area contributed by atoms with Crippen LogP contribution in [0.2, 0.25) is 0 Å². The first-order chi connectivity index (χ1) is 3.84. The molecule has 1 rings (SSSR count). The average molecular weight is 109 g/mol. The Labute approximate surface area is 50.3 Å². The molecule has 0 radical (unpaired) electrons. The lowest BCUT2D eigenvalue weighted by molar-refractivity contribution is 0.285. The molecule has 0 N–H and O–H groups in total. The molecule has 1 fully saturated rings. The van der Waals surface area contributed by atoms with Gasteiger partial charge < -0.3 is 4.90 Å². The van der Waals surface area contributed by atoms with Crippen molar-refractivity contribution in [3.63, 3.8) is 0 Å². The van der Waals surface area contributed by atoms with Gasteiger partial charge in [-0.1, -0.05) is 12.7 Å². The zero-order valence-corrected chi connectivity index (χ0v) is 5.06. The summed E-state index contributed by atoms with van der Waals surface area (Å²) in [5, 5.41) is 0. The fourth-order valence-corrected chi connectivity index (χ4v) is 0.804. The van der Waals surface area contributed by atoms with Crippen LogP contribution in [0, 0.1) is 0 Å². The van der Waals surface area contributed by atoms with Crippen LogP contribution in [0.15, 0.2) is 24.9 Å². The number of hydrogen-bond acceptors (Lipinski definition) is 1. The van der Waals surface area contributed by atoms with E-state index in [-0.39, 0.29) is 0 Å².